The van der Waals surface area contributed by atoms with Crippen LogP contribution in [0.5, 0.6) is 0 Å². The fourth-order valence-corrected chi connectivity index (χ4v) is 1.86. The first-order valence-electron chi connectivity index (χ1n) is 5.39. The van der Waals surface area contributed by atoms with Crippen LogP contribution in [0.15, 0.2) is 18.2 Å². The molecule has 0 aromatic heterocycles. The van der Waals surface area contributed by atoms with Crippen LogP contribution < -0.4 is 5.73 Å². The van der Waals surface area contributed by atoms with Crippen LogP contribution in [0.4, 0.5) is 5.69 Å². The van der Waals surface area contributed by atoms with Gasteiger partial charge < -0.3 is 15.4 Å². The van der Waals surface area contributed by atoms with Gasteiger partial charge in [0.2, 0.25) is 0 Å². The van der Waals surface area contributed by atoms with Crippen LogP contribution in [-0.2, 0) is 16.1 Å². The number of ether oxygens (including phenoxy) is 1. The third-order valence-electron chi connectivity index (χ3n) is 2.68. The summed E-state index contributed by atoms with van der Waals surface area (Å²) in [4.78, 5) is 24.2. The Morgan fingerprint density at radius 2 is 2.29 bits per heavy atom. The SMILES string of the molecule is CC(=O)OCCN1Cc2ccc(N)cc2C1=O. The van der Waals surface area contributed by atoms with E-state index in [4.69, 9.17) is 10.5 Å². The molecule has 1 amide bonds. The molecule has 1 aromatic rings. The fraction of sp³-hybridized carbons (Fsp3) is 0.333. The number of nitrogens with two attached hydrogens (primary N) is 1. The largest absolute Gasteiger partial charge is 0.464 e. The first-order valence-corrected chi connectivity index (χ1v) is 5.39. The summed E-state index contributed by atoms with van der Waals surface area (Å²) in [6, 6.07) is 5.32. The van der Waals surface area contributed by atoms with Gasteiger partial charge >= 0.3 is 5.97 Å². The predicted molar refractivity (Wildman–Crippen MR) is 62.2 cm³/mol. The molecule has 17 heavy (non-hydrogen) atoms. The normalized spacial score (nSPS) is 13.7. The Bertz CT molecular complexity index is 471. The van der Waals surface area contributed by atoms with Crippen molar-refractivity contribution in [3.8, 4) is 0 Å². The molecule has 1 aromatic carbocycles. The Hall–Kier alpha value is -2.04. The molecule has 5 heteroatoms. The first kappa shape index (κ1) is 11.4. The molecule has 0 saturated carbocycles. The first-order chi connectivity index (χ1) is 8.08. The number of carbonyl (C=O) groups is 2. The Kier molecular flexibility index (Phi) is 2.99. The minimum atomic E-state index is -0.335. The summed E-state index contributed by atoms with van der Waals surface area (Å²) in [6.45, 7) is 2.54. The highest BCUT2D eigenvalue weighted by molar-refractivity contribution is 5.99. The van der Waals surface area contributed by atoms with Gasteiger partial charge in [0.05, 0.1) is 6.54 Å². The van der Waals surface area contributed by atoms with Crippen LogP contribution in [0.25, 0.3) is 0 Å². The molecule has 0 atom stereocenters. The van der Waals surface area contributed by atoms with Crippen LogP contribution in [-0.4, -0.2) is 29.9 Å². The van der Waals surface area contributed by atoms with Crippen molar-refractivity contribution in [2.45, 2.75) is 13.5 Å². The summed E-state index contributed by atoms with van der Waals surface area (Å²) in [5.74, 6) is -0.391. The maximum atomic E-state index is 12.0. The number of hydrogen-bond donors (Lipinski definition) is 1. The minimum Gasteiger partial charge on any atom is -0.464 e. The Balaban J connectivity index is 2.02. The third-order valence-corrected chi connectivity index (χ3v) is 2.68. The number of nitrogens with zero attached hydrogens (tertiary/aromatic N) is 1. The van der Waals surface area contributed by atoms with E-state index in [9.17, 15) is 9.59 Å². The highest BCUT2D eigenvalue weighted by atomic mass is 16.5. The molecule has 0 saturated heterocycles. The van der Waals surface area contributed by atoms with Gasteiger partial charge in [0.15, 0.2) is 0 Å². The number of benzene rings is 1. The van der Waals surface area contributed by atoms with E-state index < -0.39 is 0 Å². The fourth-order valence-electron chi connectivity index (χ4n) is 1.86. The smallest absolute Gasteiger partial charge is 0.302 e. The van der Waals surface area contributed by atoms with Gasteiger partial charge in [-0.2, -0.15) is 0 Å². The quantitative estimate of drug-likeness (QED) is 0.620. The van der Waals surface area contributed by atoms with Gasteiger partial charge in [-0.3, -0.25) is 9.59 Å². The number of esters is 1. The topological polar surface area (TPSA) is 72.6 Å². The van der Waals surface area contributed by atoms with Crippen molar-refractivity contribution in [1.82, 2.24) is 4.90 Å². The summed E-state index contributed by atoms with van der Waals surface area (Å²) in [7, 11) is 0. The molecule has 0 spiro atoms. The van der Waals surface area contributed by atoms with E-state index in [-0.39, 0.29) is 18.5 Å². The van der Waals surface area contributed by atoms with Crippen molar-refractivity contribution in [2.24, 2.45) is 0 Å². The van der Waals surface area contributed by atoms with E-state index in [1.54, 1.807) is 17.0 Å². The van der Waals surface area contributed by atoms with Crippen LogP contribution >= 0.6 is 0 Å². The van der Waals surface area contributed by atoms with E-state index in [0.29, 0.717) is 24.3 Å². The lowest BCUT2D eigenvalue weighted by molar-refractivity contribution is -0.141. The van der Waals surface area contributed by atoms with Crippen molar-refractivity contribution < 1.29 is 14.3 Å². The van der Waals surface area contributed by atoms with Crippen LogP contribution in [0.1, 0.15) is 22.8 Å². The molecular weight excluding hydrogens is 220 g/mol. The van der Waals surface area contributed by atoms with Gasteiger partial charge in [-0.15, -0.1) is 0 Å². The summed E-state index contributed by atoms with van der Waals surface area (Å²) >= 11 is 0. The lowest BCUT2D eigenvalue weighted by Crippen LogP contribution is -2.28. The van der Waals surface area contributed by atoms with Gasteiger partial charge in [0.25, 0.3) is 5.91 Å². The second-order valence-electron chi connectivity index (χ2n) is 3.98. The number of amides is 1. The predicted octanol–water partition coefficient (Wildman–Crippen LogP) is 0.788. The zero-order valence-electron chi connectivity index (χ0n) is 9.60. The molecule has 2 N–H and O–H groups in total. The maximum absolute atomic E-state index is 12.0. The van der Waals surface area contributed by atoms with Crippen molar-refractivity contribution in [3.05, 3.63) is 29.3 Å². The number of carbonyl (C=O) groups excluding carboxylic acids is 2. The third kappa shape index (κ3) is 2.38. The highest BCUT2D eigenvalue weighted by Gasteiger charge is 2.26. The molecule has 0 fully saturated rings. The van der Waals surface area contributed by atoms with Gasteiger partial charge in [0.1, 0.15) is 6.61 Å². The lowest BCUT2D eigenvalue weighted by Gasteiger charge is -2.14. The molecule has 0 unspecified atom stereocenters. The molecule has 1 heterocycles. The lowest BCUT2D eigenvalue weighted by atomic mass is 10.1. The second-order valence-corrected chi connectivity index (χ2v) is 3.98. The number of nitrogen functional groups attached to an aromatic ring is 1. The number of fused-ring (bicyclic) bond motifs is 1. The van der Waals surface area contributed by atoms with E-state index in [2.05, 4.69) is 0 Å². The molecule has 5 nitrogen and oxygen atoms in total. The van der Waals surface area contributed by atoms with Gasteiger partial charge in [-0.05, 0) is 17.7 Å². The summed E-state index contributed by atoms with van der Waals surface area (Å²) < 4.78 is 4.82. The molecule has 1 aliphatic heterocycles. The van der Waals surface area contributed by atoms with Crippen molar-refractivity contribution in [2.75, 3.05) is 18.9 Å². The van der Waals surface area contributed by atoms with E-state index in [1.165, 1.54) is 6.92 Å². The van der Waals surface area contributed by atoms with E-state index >= 15 is 0 Å². The Labute approximate surface area is 99.2 Å². The van der Waals surface area contributed by atoms with Crippen molar-refractivity contribution >= 4 is 17.6 Å². The average Bonchev–Trinajstić information content (AvgIpc) is 2.56. The van der Waals surface area contributed by atoms with Gasteiger partial charge in [-0.1, -0.05) is 6.07 Å². The Morgan fingerprint density at radius 3 is 3.00 bits per heavy atom. The van der Waals surface area contributed by atoms with Crippen LogP contribution in [0.2, 0.25) is 0 Å². The maximum Gasteiger partial charge on any atom is 0.302 e. The molecule has 1 aliphatic rings. The molecule has 90 valence electrons. The van der Waals surface area contributed by atoms with E-state index in [1.807, 2.05) is 6.07 Å². The zero-order chi connectivity index (χ0) is 12.4. The molecule has 0 aliphatic carbocycles. The minimum absolute atomic E-state index is 0.0561. The van der Waals surface area contributed by atoms with E-state index in [0.717, 1.165) is 5.56 Å². The summed E-state index contributed by atoms with van der Waals surface area (Å²) in [6.07, 6.45) is 0. The molecule has 0 radical (unpaired) electrons. The van der Waals surface area contributed by atoms with Gasteiger partial charge in [-0.25, -0.2) is 0 Å². The highest BCUT2D eigenvalue weighted by Crippen LogP contribution is 2.24. The second kappa shape index (κ2) is 4.45. The van der Waals surface area contributed by atoms with Crippen LogP contribution in [0, 0.1) is 0 Å². The monoisotopic (exact) mass is 234 g/mol. The number of rotatable bonds is 3. The molecule has 2 rings (SSSR count). The molecular formula is C12H14N2O3. The zero-order valence-corrected chi connectivity index (χ0v) is 9.60. The number of anilines is 1. The summed E-state index contributed by atoms with van der Waals surface area (Å²) in [5.41, 5.74) is 7.83. The van der Waals surface area contributed by atoms with Gasteiger partial charge in [0, 0.05) is 24.7 Å². The van der Waals surface area contributed by atoms with Crippen molar-refractivity contribution in [1.29, 1.82) is 0 Å². The molecule has 0 bridgehead atoms. The number of hydrogen-bond acceptors (Lipinski definition) is 4. The van der Waals surface area contributed by atoms with Crippen LogP contribution in [0.3, 0.4) is 0 Å². The average molecular weight is 234 g/mol. The standard InChI is InChI=1S/C12H14N2O3/c1-8(15)17-5-4-14-7-9-2-3-10(13)6-11(9)12(14)16/h2-3,6H,4-5,7,13H2,1H3. The van der Waals surface area contributed by atoms with Crippen molar-refractivity contribution in [3.63, 3.8) is 0 Å². The Morgan fingerprint density at radius 1 is 1.53 bits per heavy atom. The summed E-state index contributed by atoms with van der Waals surface area (Å²) in [5, 5.41) is 0.